The molecule has 0 aliphatic rings. The second-order valence-electron chi connectivity index (χ2n) is 4.48. The van der Waals surface area contributed by atoms with Gasteiger partial charge in [0, 0.05) is 30.9 Å². The van der Waals surface area contributed by atoms with Crippen molar-refractivity contribution >= 4 is 11.6 Å². The van der Waals surface area contributed by atoms with Crippen LogP contribution in [0.3, 0.4) is 0 Å². The number of carbonyl (C=O) groups excluding carboxylic acids is 1. The van der Waals surface area contributed by atoms with Gasteiger partial charge in [-0.05, 0) is 45.0 Å². The predicted molar refractivity (Wildman–Crippen MR) is 77.0 cm³/mol. The lowest BCUT2D eigenvalue weighted by Gasteiger charge is -2.22. The molecule has 19 heavy (non-hydrogen) atoms. The molecular formula is C15H21N3O. The molecule has 4 heteroatoms. The van der Waals surface area contributed by atoms with Gasteiger partial charge in [-0.2, -0.15) is 5.26 Å². The molecule has 0 bridgehead atoms. The molecule has 0 fully saturated rings. The average molecular weight is 259 g/mol. The second kappa shape index (κ2) is 7.42. The Bertz CT molecular complexity index is 447. The van der Waals surface area contributed by atoms with Crippen molar-refractivity contribution in [1.82, 2.24) is 4.90 Å². The number of hydrogen-bond donors (Lipinski definition) is 1. The molecule has 0 saturated carbocycles. The molecule has 1 aromatic rings. The Morgan fingerprint density at radius 1 is 1.37 bits per heavy atom. The predicted octanol–water partition coefficient (Wildman–Crippen LogP) is 2.74. The van der Waals surface area contributed by atoms with Gasteiger partial charge in [-0.3, -0.25) is 4.79 Å². The molecule has 0 spiro atoms. The lowest BCUT2D eigenvalue weighted by atomic mass is 10.1. The number of nitriles is 1. The van der Waals surface area contributed by atoms with Crippen molar-refractivity contribution in [2.45, 2.75) is 20.8 Å². The summed E-state index contributed by atoms with van der Waals surface area (Å²) in [6.07, 6.45) is 0. The van der Waals surface area contributed by atoms with E-state index in [1.54, 1.807) is 4.90 Å². The third kappa shape index (κ3) is 4.29. The van der Waals surface area contributed by atoms with Crippen LogP contribution in [-0.4, -0.2) is 30.4 Å². The van der Waals surface area contributed by atoms with Gasteiger partial charge in [0.1, 0.15) is 0 Å². The van der Waals surface area contributed by atoms with Crippen LogP contribution < -0.4 is 5.32 Å². The monoisotopic (exact) mass is 259 g/mol. The van der Waals surface area contributed by atoms with Crippen molar-refractivity contribution in [2.24, 2.45) is 5.92 Å². The lowest BCUT2D eigenvalue weighted by Crippen LogP contribution is -2.34. The van der Waals surface area contributed by atoms with Gasteiger partial charge >= 0.3 is 0 Å². The maximum absolute atomic E-state index is 12.3. The van der Waals surface area contributed by atoms with E-state index >= 15 is 0 Å². The van der Waals surface area contributed by atoms with Crippen molar-refractivity contribution in [3.8, 4) is 6.07 Å². The van der Waals surface area contributed by atoms with Crippen molar-refractivity contribution in [2.75, 3.05) is 25.0 Å². The molecule has 1 atom stereocenters. The Hall–Kier alpha value is -2.02. The quantitative estimate of drug-likeness (QED) is 0.854. The summed E-state index contributed by atoms with van der Waals surface area (Å²) >= 11 is 0. The Balaban J connectivity index is 2.77. The number of nitrogens with zero attached hydrogens (tertiary/aromatic N) is 2. The zero-order chi connectivity index (χ0) is 14.3. The van der Waals surface area contributed by atoms with Gasteiger partial charge < -0.3 is 10.2 Å². The molecule has 0 saturated heterocycles. The number of rotatable bonds is 6. The zero-order valence-corrected chi connectivity index (χ0v) is 11.8. The summed E-state index contributed by atoms with van der Waals surface area (Å²) in [5.41, 5.74) is 1.67. The molecule has 1 rings (SSSR count). The molecule has 0 aromatic heterocycles. The topological polar surface area (TPSA) is 56.1 Å². The summed E-state index contributed by atoms with van der Waals surface area (Å²) in [7, 11) is 0. The van der Waals surface area contributed by atoms with Crippen molar-refractivity contribution in [3.05, 3.63) is 29.8 Å². The summed E-state index contributed by atoms with van der Waals surface area (Å²) in [5.74, 6) is -0.169. The fraction of sp³-hybridized carbons (Fsp3) is 0.467. The van der Waals surface area contributed by atoms with E-state index in [1.807, 2.05) is 45.0 Å². The van der Waals surface area contributed by atoms with Gasteiger partial charge in [-0.1, -0.05) is 0 Å². The smallest absolute Gasteiger partial charge is 0.253 e. The Morgan fingerprint density at radius 3 is 2.47 bits per heavy atom. The molecule has 102 valence electrons. The molecule has 0 aliphatic carbocycles. The molecule has 0 radical (unpaired) electrons. The largest absolute Gasteiger partial charge is 0.385 e. The first-order valence-electron chi connectivity index (χ1n) is 6.65. The van der Waals surface area contributed by atoms with E-state index in [9.17, 15) is 4.79 Å². The number of anilines is 1. The number of hydrogen-bond acceptors (Lipinski definition) is 3. The van der Waals surface area contributed by atoms with Crippen LogP contribution in [0.15, 0.2) is 24.3 Å². The number of nitrogens with one attached hydrogen (secondary N) is 1. The summed E-state index contributed by atoms with van der Waals surface area (Å²) in [4.78, 5) is 14.0. The summed E-state index contributed by atoms with van der Waals surface area (Å²) in [6.45, 7) is 7.72. The first-order valence-corrected chi connectivity index (χ1v) is 6.65. The van der Waals surface area contributed by atoms with Crippen LogP contribution >= 0.6 is 0 Å². The van der Waals surface area contributed by atoms with Crippen LogP contribution in [0.1, 0.15) is 31.1 Å². The van der Waals surface area contributed by atoms with Crippen molar-refractivity contribution in [3.63, 3.8) is 0 Å². The fourth-order valence-corrected chi connectivity index (χ4v) is 1.84. The number of benzene rings is 1. The average Bonchev–Trinajstić information content (AvgIpc) is 2.45. The van der Waals surface area contributed by atoms with Gasteiger partial charge in [0.15, 0.2) is 0 Å². The van der Waals surface area contributed by atoms with Gasteiger partial charge in [-0.15, -0.1) is 0 Å². The Labute approximate surface area is 115 Å². The molecular weight excluding hydrogens is 238 g/mol. The van der Waals surface area contributed by atoms with Crippen LogP contribution in [0.25, 0.3) is 0 Å². The van der Waals surface area contributed by atoms with Crippen molar-refractivity contribution in [1.29, 1.82) is 5.26 Å². The highest BCUT2D eigenvalue weighted by atomic mass is 16.2. The molecule has 1 unspecified atom stereocenters. The van der Waals surface area contributed by atoms with E-state index in [0.717, 1.165) is 12.2 Å². The highest BCUT2D eigenvalue weighted by Crippen LogP contribution is 2.12. The van der Waals surface area contributed by atoms with E-state index < -0.39 is 0 Å². The van der Waals surface area contributed by atoms with E-state index in [-0.39, 0.29) is 11.8 Å². The number of carbonyl (C=O) groups is 1. The number of amides is 1. The van der Waals surface area contributed by atoms with Gasteiger partial charge in [-0.25, -0.2) is 0 Å². The van der Waals surface area contributed by atoms with Crippen LogP contribution in [0.4, 0.5) is 5.69 Å². The minimum Gasteiger partial charge on any atom is -0.385 e. The van der Waals surface area contributed by atoms with Crippen LogP contribution in [-0.2, 0) is 0 Å². The molecule has 1 aromatic carbocycles. The minimum absolute atomic E-state index is 0.0207. The van der Waals surface area contributed by atoms with Gasteiger partial charge in [0.05, 0.1) is 12.0 Å². The maximum Gasteiger partial charge on any atom is 0.253 e. The second-order valence-corrected chi connectivity index (χ2v) is 4.48. The summed E-state index contributed by atoms with van der Waals surface area (Å²) < 4.78 is 0. The van der Waals surface area contributed by atoms with Gasteiger partial charge in [0.2, 0.25) is 0 Å². The first-order chi connectivity index (χ1) is 9.12. The summed E-state index contributed by atoms with van der Waals surface area (Å²) in [6, 6.07) is 9.60. The molecule has 0 heterocycles. The Morgan fingerprint density at radius 2 is 2.00 bits per heavy atom. The SMILES string of the molecule is CCNc1ccc(C(=O)N(CC)CC(C)C#N)cc1. The lowest BCUT2D eigenvalue weighted by molar-refractivity contribution is 0.0753. The van der Waals surface area contributed by atoms with Crippen LogP contribution in [0.2, 0.25) is 0 Å². The standard InChI is InChI=1S/C15H21N3O/c1-4-17-14-8-6-13(7-9-14)15(19)18(5-2)11-12(3)10-16/h6-9,12,17H,4-5,11H2,1-3H3. The highest BCUT2D eigenvalue weighted by molar-refractivity contribution is 5.94. The maximum atomic E-state index is 12.3. The van der Waals surface area contributed by atoms with Crippen LogP contribution in [0.5, 0.6) is 0 Å². The first kappa shape index (κ1) is 15.0. The zero-order valence-electron chi connectivity index (χ0n) is 11.8. The summed E-state index contributed by atoms with van der Waals surface area (Å²) in [5, 5.41) is 12.0. The highest BCUT2D eigenvalue weighted by Gasteiger charge is 2.16. The molecule has 1 amide bonds. The van der Waals surface area contributed by atoms with Crippen molar-refractivity contribution < 1.29 is 4.79 Å². The van der Waals surface area contributed by atoms with E-state index in [1.165, 1.54) is 0 Å². The van der Waals surface area contributed by atoms with E-state index in [0.29, 0.717) is 18.7 Å². The van der Waals surface area contributed by atoms with E-state index in [2.05, 4.69) is 11.4 Å². The molecule has 1 N–H and O–H groups in total. The molecule has 4 nitrogen and oxygen atoms in total. The molecule has 0 aliphatic heterocycles. The minimum atomic E-state index is -0.148. The normalized spacial score (nSPS) is 11.5. The van der Waals surface area contributed by atoms with Gasteiger partial charge in [0.25, 0.3) is 5.91 Å². The fourth-order valence-electron chi connectivity index (χ4n) is 1.84. The Kier molecular flexibility index (Phi) is 5.87. The third-order valence-corrected chi connectivity index (χ3v) is 2.90. The van der Waals surface area contributed by atoms with Crippen LogP contribution in [0, 0.1) is 17.2 Å². The van der Waals surface area contributed by atoms with E-state index in [4.69, 9.17) is 5.26 Å². The third-order valence-electron chi connectivity index (χ3n) is 2.90.